The van der Waals surface area contributed by atoms with Gasteiger partial charge in [-0.1, -0.05) is 0 Å². The second-order valence-electron chi connectivity index (χ2n) is 6.67. The summed E-state index contributed by atoms with van der Waals surface area (Å²) in [5, 5.41) is 13.7. The number of rotatable bonds is 4. The number of thiophene rings is 1. The molecule has 4 heterocycles. The summed E-state index contributed by atoms with van der Waals surface area (Å²) >= 11 is 4.97. The van der Waals surface area contributed by atoms with Crippen LogP contribution in [0.2, 0.25) is 0 Å². The number of amides is 1. The van der Waals surface area contributed by atoms with Gasteiger partial charge in [0.15, 0.2) is 5.65 Å². The van der Waals surface area contributed by atoms with E-state index in [4.69, 9.17) is 0 Å². The number of carbonyl (C=O) groups is 1. The van der Waals surface area contributed by atoms with Gasteiger partial charge in [0.05, 0.1) is 10.3 Å². The Hall–Kier alpha value is -2.21. The second-order valence-corrected chi connectivity index (χ2v) is 9.22. The summed E-state index contributed by atoms with van der Waals surface area (Å²) < 4.78 is 40.8. The number of halogens is 4. The molecule has 0 spiro atoms. The molecule has 0 radical (unpaired) electrons. The third-order valence-electron chi connectivity index (χ3n) is 4.76. The number of piperidine rings is 1. The number of hydrogen-bond donors (Lipinski definition) is 1. The maximum Gasteiger partial charge on any atom is 0.453 e. The van der Waals surface area contributed by atoms with Crippen molar-refractivity contribution in [1.29, 1.82) is 0 Å². The van der Waals surface area contributed by atoms with E-state index < -0.39 is 12.0 Å². The zero-order valence-corrected chi connectivity index (χ0v) is 17.4. The molecule has 0 unspecified atom stereocenters. The molecule has 1 aliphatic heterocycles. The molecule has 7 nitrogen and oxygen atoms in total. The highest BCUT2D eigenvalue weighted by Gasteiger charge is 2.38. The highest BCUT2D eigenvalue weighted by Crippen LogP contribution is 2.29. The summed E-state index contributed by atoms with van der Waals surface area (Å²) in [6.45, 7) is 1.55. The van der Waals surface area contributed by atoms with E-state index in [9.17, 15) is 18.0 Å². The summed E-state index contributed by atoms with van der Waals surface area (Å²) in [6, 6.07) is 6.98. The summed E-state index contributed by atoms with van der Waals surface area (Å²) in [7, 11) is 0. The van der Waals surface area contributed by atoms with Gasteiger partial charge in [-0.05, 0) is 53.0 Å². The molecule has 1 saturated heterocycles. The van der Waals surface area contributed by atoms with Crippen LogP contribution in [-0.2, 0) is 17.5 Å². The Kier molecular flexibility index (Phi) is 5.47. The van der Waals surface area contributed by atoms with Crippen LogP contribution in [0.4, 0.5) is 19.0 Å². The van der Waals surface area contributed by atoms with Crippen LogP contribution in [0.3, 0.4) is 0 Å². The van der Waals surface area contributed by atoms with Crippen molar-refractivity contribution in [3.8, 4) is 0 Å². The van der Waals surface area contributed by atoms with Crippen LogP contribution in [0.15, 0.2) is 28.1 Å². The molecule has 0 aliphatic carbocycles. The van der Waals surface area contributed by atoms with Crippen LogP contribution in [0.5, 0.6) is 0 Å². The van der Waals surface area contributed by atoms with Crippen molar-refractivity contribution in [1.82, 2.24) is 25.1 Å². The fourth-order valence-electron chi connectivity index (χ4n) is 3.26. The van der Waals surface area contributed by atoms with Crippen molar-refractivity contribution in [2.45, 2.75) is 25.6 Å². The molecule has 0 bridgehead atoms. The minimum Gasteiger partial charge on any atom is -0.355 e. The van der Waals surface area contributed by atoms with Crippen LogP contribution in [-0.4, -0.2) is 38.8 Å². The van der Waals surface area contributed by atoms with Gasteiger partial charge in [0.2, 0.25) is 5.91 Å². The first-order chi connectivity index (χ1) is 13.8. The fourth-order valence-corrected chi connectivity index (χ4v) is 4.68. The summed E-state index contributed by atoms with van der Waals surface area (Å²) in [5.74, 6) is -0.872. The Balaban J connectivity index is 1.38. The second kappa shape index (κ2) is 7.90. The lowest BCUT2D eigenvalue weighted by Crippen LogP contribution is -2.40. The summed E-state index contributed by atoms with van der Waals surface area (Å²) in [4.78, 5) is 15.4. The number of fused-ring (bicyclic) bond motifs is 1. The molecule has 154 valence electrons. The zero-order chi connectivity index (χ0) is 20.6. The Morgan fingerprint density at radius 3 is 2.62 bits per heavy atom. The molecular weight excluding hydrogens is 473 g/mol. The van der Waals surface area contributed by atoms with Crippen molar-refractivity contribution in [3.05, 3.63) is 38.8 Å². The van der Waals surface area contributed by atoms with Crippen LogP contribution in [0, 0.1) is 5.92 Å². The van der Waals surface area contributed by atoms with E-state index in [1.807, 2.05) is 17.0 Å². The van der Waals surface area contributed by atoms with E-state index in [1.54, 1.807) is 17.4 Å². The van der Waals surface area contributed by atoms with E-state index in [1.165, 1.54) is 6.07 Å². The van der Waals surface area contributed by atoms with E-state index in [-0.39, 0.29) is 17.5 Å². The zero-order valence-electron chi connectivity index (χ0n) is 15.0. The van der Waals surface area contributed by atoms with Crippen molar-refractivity contribution in [2.24, 2.45) is 5.92 Å². The average molecular weight is 489 g/mol. The highest BCUT2D eigenvalue weighted by atomic mass is 79.9. The van der Waals surface area contributed by atoms with E-state index in [0.29, 0.717) is 42.8 Å². The van der Waals surface area contributed by atoms with E-state index in [0.717, 1.165) is 8.66 Å². The lowest BCUT2D eigenvalue weighted by molar-refractivity contribution is -0.146. The van der Waals surface area contributed by atoms with Crippen LogP contribution >= 0.6 is 27.3 Å². The third kappa shape index (κ3) is 4.37. The molecule has 4 rings (SSSR count). The Labute approximate surface area is 176 Å². The summed E-state index contributed by atoms with van der Waals surface area (Å²) in [5.41, 5.74) is 0.0375. The van der Waals surface area contributed by atoms with Crippen molar-refractivity contribution >= 4 is 44.6 Å². The van der Waals surface area contributed by atoms with Gasteiger partial charge in [0.25, 0.3) is 5.82 Å². The first kappa shape index (κ1) is 20.1. The molecule has 1 fully saturated rings. The average Bonchev–Trinajstić information content (AvgIpc) is 3.31. The van der Waals surface area contributed by atoms with Gasteiger partial charge in [0.1, 0.15) is 5.82 Å². The van der Waals surface area contributed by atoms with Crippen LogP contribution in [0.25, 0.3) is 5.65 Å². The predicted molar refractivity (Wildman–Crippen MR) is 105 cm³/mol. The topological polar surface area (TPSA) is 75.4 Å². The quantitative estimate of drug-likeness (QED) is 0.608. The van der Waals surface area contributed by atoms with Crippen molar-refractivity contribution in [2.75, 3.05) is 18.0 Å². The Morgan fingerprint density at radius 1 is 1.21 bits per heavy atom. The van der Waals surface area contributed by atoms with Crippen molar-refractivity contribution in [3.63, 3.8) is 0 Å². The maximum absolute atomic E-state index is 13.0. The van der Waals surface area contributed by atoms with E-state index in [2.05, 4.69) is 36.5 Å². The van der Waals surface area contributed by atoms with Gasteiger partial charge < -0.3 is 10.2 Å². The third-order valence-corrected chi connectivity index (χ3v) is 6.38. The molecule has 12 heteroatoms. The number of carbonyl (C=O) groups excluding carboxylic acids is 1. The molecule has 1 N–H and O–H groups in total. The van der Waals surface area contributed by atoms with Gasteiger partial charge >= 0.3 is 6.18 Å². The van der Waals surface area contributed by atoms with Gasteiger partial charge in [-0.3, -0.25) is 4.79 Å². The lowest BCUT2D eigenvalue weighted by atomic mass is 9.96. The van der Waals surface area contributed by atoms with Crippen LogP contribution < -0.4 is 10.2 Å². The smallest absolute Gasteiger partial charge is 0.355 e. The minimum absolute atomic E-state index is 0.00393. The number of hydrogen-bond acceptors (Lipinski definition) is 6. The SMILES string of the molecule is O=C(NCc1ccc(Br)s1)C1CCN(c2ccc3nnc(C(F)(F)F)n3n2)CC1. The monoisotopic (exact) mass is 488 g/mol. The summed E-state index contributed by atoms with van der Waals surface area (Å²) in [6.07, 6.45) is -3.42. The molecule has 0 aromatic carbocycles. The number of nitrogens with zero attached hydrogens (tertiary/aromatic N) is 5. The molecule has 0 saturated carbocycles. The molecule has 0 atom stereocenters. The van der Waals surface area contributed by atoms with Gasteiger partial charge in [-0.25, -0.2) is 0 Å². The number of anilines is 1. The molecule has 3 aromatic rings. The normalized spacial score (nSPS) is 15.8. The van der Waals surface area contributed by atoms with Gasteiger partial charge in [-0.15, -0.1) is 26.6 Å². The lowest BCUT2D eigenvalue weighted by Gasteiger charge is -2.32. The van der Waals surface area contributed by atoms with Gasteiger partial charge in [0, 0.05) is 23.9 Å². The highest BCUT2D eigenvalue weighted by molar-refractivity contribution is 9.11. The molecule has 1 aliphatic rings. The number of nitrogens with one attached hydrogen (secondary N) is 1. The molecular formula is C17H16BrF3N6OS. The number of alkyl halides is 3. The first-order valence-electron chi connectivity index (χ1n) is 8.88. The Morgan fingerprint density at radius 2 is 1.97 bits per heavy atom. The van der Waals surface area contributed by atoms with E-state index >= 15 is 0 Å². The van der Waals surface area contributed by atoms with Gasteiger partial charge in [-0.2, -0.15) is 17.7 Å². The maximum atomic E-state index is 13.0. The molecule has 1 amide bonds. The minimum atomic E-state index is -4.63. The predicted octanol–water partition coefficient (Wildman–Crippen LogP) is 3.50. The number of aromatic nitrogens is 4. The Bertz CT molecular complexity index is 1030. The molecule has 3 aromatic heterocycles. The van der Waals surface area contributed by atoms with Crippen LogP contribution in [0.1, 0.15) is 23.5 Å². The fraction of sp³-hybridized carbons (Fsp3) is 0.412. The van der Waals surface area contributed by atoms with Crippen molar-refractivity contribution < 1.29 is 18.0 Å². The standard InChI is InChI=1S/C17H16BrF3N6OS/c18-12-2-1-11(29-12)9-22-15(28)10-5-7-26(8-6-10)14-4-3-13-23-24-16(17(19,20)21)27(13)25-14/h1-4,10H,5-9H2,(H,22,28). The first-order valence-corrected chi connectivity index (χ1v) is 10.5. The largest absolute Gasteiger partial charge is 0.453 e. The molecule has 29 heavy (non-hydrogen) atoms.